The summed E-state index contributed by atoms with van der Waals surface area (Å²) in [5.74, 6) is 0.370. The topological polar surface area (TPSA) is 93.7 Å². The SMILES string of the molecule is CC(=O)Nc1nc(C)c(Oc2ccc(C)cc2)c(OC(=O)N(C)C)n1. The standard InChI is InChI=1S/C17H20N4O4/c1-10-6-8-13(9-7-10)24-14-11(2)18-16(19-12(3)22)20-15(14)25-17(23)21(4)5/h6-9H,1-5H3,(H,18,19,20,22). The number of ether oxygens (including phenoxy) is 2. The lowest BCUT2D eigenvalue weighted by Crippen LogP contribution is -2.26. The van der Waals surface area contributed by atoms with Gasteiger partial charge in [0.15, 0.2) is 0 Å². The first kappa shape index (κ1) is 18.2. The Balaban J connectivity index is 2.42. The van der Waals surface area contributed by atoms with Crippen LogP contribution in [0.15, 0.2) is 24.3 Å². The van der Waals surface area contributed by atoms with Gasteiger partial charge in [-0.2, -0.15) is 4.98 Å². The van der Waals surface area contributed by atoms with Crippen LogP contribution in [0.3, 0.4) is 0 Å². The summed E-state index contributed by atoms with van der Waals surface area (Å²) < 4.78 is 11.1. The number of aromatic nitrogens is 2. The number of carbonyl (C=O) groups is 2. The number of nitrogens with zero attached hydrogens (tertiary/aromatic N) is 3. The fourth-order valence-corrected chi connectivity index (χ4v) is 1.83. The summed E-state index contributed by atoms with van der Waals surface area (Å²) in [4.78, 5) is 32.6. The Hall–Kier alpha value is -3.16. The zero-order valence-corrected chi connectivity index (χ0v) is 14.8. The summed E-state index contributed by atoms with van der Waals surface area (Å²) in [7, 11) is 3.09. The Morgan fingerprint density at radius 3 is 2.28 bits per heavy atom. The van der Waals surface area contributed by atoms with Gasteiger partial charge in [0, 0.05) is 21.0 Å². The molecule has 0 atom stereocenters. The zero-order valence-electron chi connectivity index (χ0n) is 14.8. The number of benzene rings is 1. The van der Waals surface area contributed by atoms with Crippen molar-refractivity contribution in [3.05, 3.63) is 35.5 Å². The van der Waals surface area contributed by atoms with Crippen LogP contribution in [0, 0.1) is 13.8 Å². The molecule has 0 fully saturated rings. The molecule has 25 heavy (non-hydrogen) atoms. The number of carbonyl (C=O) groups excluding carboxylic acids is 2. The van der Waals surface area contributed by atoms with Crippen LogP contribution in [0.4, 0.5) is 10.7 Å². The molecule has 0 saturated heterocycles. The number of hydrogen-bond donors (Lipinski definition) is 1. The van der Waals surface area contributed by atoms with Gasteiger partial charge in [0.2, 0.25) is 17.6 Å². The van der Waals surface area contributed by atoms with E-state index in [4.69, 9.17) is 9.47 Å². The van der Waals surface area contributed by atoms with E-state index in [2.05, 4.69) is 15.3 Å². The summed E-state index contributed by atoms with van der Waals surface area (Å²) in [6.45, 7) is 4.97. The van der Waals surface area contributed by atoms with Crippen LogP contribution >= 0.6 is 0 Å². The van der Waals surface area contributed by atoms with Crippen molar-refractivity contribution in [1.29, 1.82) is 0 Å². The van der Waals surface area contributed by atoms with E-state index in [1.54, 1.807) is 33.2 Å². The normalized spacial score (nSPS) is 10.1. The van der Waals surface area contributed by atoms with Crippen LogP contribution in [0.5, 0.6) is 17.4 Å². The highest BCUT2D eigenvalue weighted by Gasteiger charge is 2.20. The molecule has 0 unspecified atom stereocenters. The van der Waals surface area contributed by atoms with Gasteiger partial charge in [-0.05, 0) is 26.0 Å². The Bertz CT molecular complexity index is 788. The molecule has 8 nitrogen and oxygen atoms in total. The van der Waals surface area contributed by atoms with Crippen LogP contribution in [-0.2, 0) is 4.79 Å². The Morgan fingerprint density at radius 2 is 1.72 bits per heavy atom. The highest BCUT2D eigenvalue weighted by Crippen LogP contribution is 2.33. The Labute approximate surface area is 145 Å². The average Bonchev–Trinajstić information content (AvgIpc) is 2.51. The van der Waals surface area contributed by atoms with Crippen LogP contribution in [-0.4, -0.2) is 41.0 Å². The van der Waals surface area contributed by atoms with E-state index in [9.17, 15) is 9.59 Å². The molecule has 2 aromatic rings. The number of rotatable bonds is 4. The van der Waals surface area contributed by atoms with Crippen LogP contribution in [0.1, 0.15) is 18.2 Å². The minimum atomic E-state index is -0.624. The van der Waals surface area contributed by atoms with Crippen molar-refractivity contribution in [2.24, 2.45) is 0 Å². The largest absolute Gasteiger partial charge is 0.450 e. The minimum absolute atomic E-state index is 0.0304. The first-order chi connectivity index (χ1) is 11.8. The molecular weight excluding hydrogens is 324 g/mol. The lowest BCUT2D eigenvalue weighted by atomic mass is 10.2. The summed E-state index contributed by atoms with van der Waals surface area (Å²) in [6, 6.07) is 7.35. The van der Waals surface area contributed by atoms with E-state index in [1.807, 2.05) is 19.1 Å². The maximum Gasteiger partial charge on any atom is 0.416 e. The Morgan fingerprint density at radius 1 is 1.08 bits per heavy atom. The molecular formula is C17H20N4O4. The third kappa shape index (κ3) is 4.90. The predicted octanol–water partition coefficient (Wildman–Crippen LogP) is 2.90. The zero-order chi connectivity index (χ0) is 18.6. The fraction of sp³-hybridized carbons (Fsp3) is 0.294. The van der Waals surface area contributed by atoms with Crippen molar-refractivity contribution < 1.29 is 19.1 Å². The molecule has 0 aliphatic rings. The molecule has 1 aromatic heterocycles. The first-order valence-corrected chi connectivity index (χ1v) is 7.56. The highest BCUT2D eigenvalue weighted by molar-refractivity contribution is 5.86. The second kappa shape index (κ2) is 7.61. The van der Waals surface area contributed by atoms with E-state index in [0.29, 0.717) is 11.4 Å². The number of aryl methyl sites for hydroxylation is 2. The lowest BCUT2D eigenvalue weighted by Gasteiger charge is -2.16. The number of nitrogens with one attached hydrogen (secondary N) is 1. The van der Waals surface area contributed by atoms with Crippen LogP contribution in [0.2, 0.25) is 0 Å². The molecule has 1 heterocycles. The summed E-state index contributed by atoms with van der Waals surface area (Å²) in [5.41, 5.74) is 1.50. The monoisotopic (exact) mass is 344 g/mol. The number of amides is 2. The Kier molecular flexibility index (Phi) is 5.53. The van der Waals surface area contributed by atoms with Gasteiger partial charge in [-0.15, -0.1) is 0 Å². The maximum atomic E-state index is 11.9. The van der Waals surface area contributed by atoms with E-state index < -0.39 is 6.09 Å². The van der Waals surface area contributed by atoms with Gasteiger partial charge >= 0.3 is 6.09 Å². The smallest absolute Gasteiger partial charge is 0.416 e. The van der Waals surface area contributed by atoms with Crippen molar-refractivity contribution in [1.82, 2.24) is 14.9 Å². The predicted molar refractivity (Wildman–Crippen MR) is 92.0 cm³/mol. The molecule has 8 heteroatoms. The second-order valence-corrected chi connectivity index (χ2v) is 5.63. The summed E-state index contributed by atoms with van der Waals surface area (Å²) >= 11 is 0. The van der Waals surface area contributed by atoms with E-state index in [1.165, 1.54) is 11.8 Å². The van der Waals surface area contributed by atoms with Crippen molar-refractivity contribution in [3.63, 3.8) is 0 Å². The van der Waals surface area contributed by atoms with Gasteiger partial charge in [-0.3, -0.25) is 10.1 Å². The quantitative estimate of drug-likeness (QED) is 0.916. The van der Waals surface area contributed by atoms with Gasteiger partial charge in [0.05, 0.1) is 5.69 Å². The fourth-order valence-electron chi connectivity index (χ4n) is 1.83. The van der Waals surface area contributed by atoms with Gasteiger partial charge in [-0.25, -0.2) is 9.78 Å². The number of hydrogen-bond acceptors (Lipinski definition) is 6. The molecule has 1 N–H and O–H groups in total. The van der Waals surface area contributed by atoms with Crippen molar-refractivity contribution >= 4 is 17.9 Å². The number of anilines is 1. The molecule has 0 aliphatic heterocycles. The molecule has 0 saturated carbocycles. The molecule has 0 radical (unpaired) electrons. The molecule has 0 spiro atoms. The van der Waals surface area contributed by atoms with Crippen molar-refractivity contribution in [2.45, 2.75) is 20.8 Å². The van der Waals surface area contributed by atoms with Gasteiger partial charge in [-0.1, -0.05) is 17.7 Å². The molecule has 1 aromatic carbocycles. The van der Waals surface area contributed by atoms with Gasteiger partial charge in [0.1, 0.15) is 5.75 Å². The lowest BCUT2D eigenvalue weighted by molar-refractivity contribution is -0.114. The molecule has 0 bridgehead atoms. The van der Waals surface area contributed by atoms with E-state index in [0.717, 1.165) is 5.56 Å². The molecule has 2 rings (SSSR count). The maximum absolute atomic E-state index is 11.9. The molecule has 2 amide bonds. The van der Waals surface area contributed by atoms with E-state index in [-0.39, 0.29) is 23.5 Å². The van der Waals surface area contributed by atoms with Crippen molar-refractivity contribution in [2.75, 3.05) is 19.4 Å². The average molecular weight is 344 g/mol. The van der Waals surface area contributed by atoms with Crippen LogP contribution in [0.25, 0.3) is 0 Å². The van der Waals surface area contributed by atoms with Gasteiger partial charge in [0.25, 0.3) is 5.88 Å². The summed E-state index contributed by atoms with van der Waals surface area (Å²) in [6.07, 6.45) is -0.624. The second-order valence-electron chi connectivity index (χ2n) is 5.63. The first-order valence-electron chi connectivity index (χ1n) is 7.56. The van der Waals surface area contributed by atoms with Crippen molar-refractivity contribution in [3.8, 4) is 17.4 Å². The third-order valence-corrected chi connectivity index (χ3v) is 3.08. The minimum Gasteiger partial charge on any atom is -0.450 e. The third-order valence-electron chi connectivity index (χ3n) is 3.08. The molecule has 132 valence electrons. The molecule has 0 aliphatic carbocycles. The van der Waals surface area contributed by atoms with Gasteiger partial charge < -0.3 is 14.4 Å². The highest BCUT2D eigenvalue weighted by atomic mass is 16.6. The van der Waals surface area contributed by atoms with E-state index >= 15 is 0 Å². The van der Waals surface area contributed by atoms with Crippen LogP contribution < -0.4 is 14.8 Å². The summed E-state index contributed by atoms with van der Waals surface area (Å²) in [5, 5.41) is 2.47.